The van der Waals surface area contributed by atoms with Gasteiger partial charge < -0.3 is 10.1 Å². The molecule has 0 heterocycles. The van der Waals surface area contributed by atoms with Crippen LogP contribution >= 0.6 is 15.9 Å². The number of benzene rings is 1. The van der Waals surface area contributed by atoms with E-state index in [1.807, 2.05) is 13.0 Å². The molecule has 0 aliphatic carbocycles. The summed E-state index contributed by atoms with van der Waals surface area (Å²) in [5.41, 5.74) is 0.700. The molecule has 1 N–H and O–H groups in total. The third kappa shape index (κ3) is 5.04. The summed E-state index contributed by atoms with van der Waals surface area (Å²) in [6.45, 7) is 6.33. The Kier molecular flexibility index (Phi) is 7.47. The summed E-state index contributed by atoms with van der Waals surface area (Å²) in [4.78, 5) is 0. The average Bonchev–Trinajstić information content (AvgIpc) is 2.36. The highest BCUT2D eigenvalue weighted by molar-refractivity contribution is 9.10. The van der Waals surface area contributed by atoms with E-state index in [0.717, 1.165) is 30.5 Å². The van der Waals surface area contributed by atoms with E-state index in [9.17, 15) is 4.39 Å². The number of rotatable bonds is 8. The molecule has 0 fully saturated rings. The highest BCUT2D eigenvalue weighted by atomic mass is 79.9. The van der Waals surface area contributed by atoms with Crippen molar-refractivity contribution in [2.24, 2.45) is 0 Å². The molecule has 102 valence electrons. The van der Waals surface area contributed by atoms with Gasteiger partial charge in [0.25, 0.3) is 0 Å². The molecule has 1 aromatic rings. The largest absolute Gasteiger partial charge is 0.381 e. The minimum absolute atomic E-state index is 0.00403. The van der Waals surface area contributed by atoms with E-state index in [0.29, 0.717) is 12.2 Å². The van der Waals surface area contributed by atoms with Crippen molar-refractivity contribution in [1.82, 2.24) is 5.32 Å². The number of ether oxygens (including phenoxy) is 1. The predicted octanol–water partition coefficient (Wildman–Crippen LogP) is 4.06. The Balaban J connectivity index is 2.67. The normalized spacial score (nSPS) is 12.7. The maximum atomic E-state index is 13.8. The molecule has 0 radical (unpaired) electrons. The van der Waals surface area contributed by atoms with Crippen molar-refractivity contribution >= 4 is 15.9 Å². The highest BCUT2D eigenvalue weighted by Gasteiger charge is 2.15. The molecular weight excluding hydrogens is 297 g/mol. The zero-order valence-corrected chi connectivity index (χ0v) is 12.6. The Labute approximate surface area is 117 Å². The van der Waals surface area contributed by atoms with Gasteiger partial charge in [-0.15, -0.1) is 0 Å². The number of hydrogen-bond acceptors (Lipinski definition) is 2. The highest BCUT2D eigenvalue weighted by Crippen LogP contribution is 2.24. The lowest BCUT2D eigenvalue weighted by atomic mass is 10.0. The van der Waals surface area contributed by atoms with E-state index in [4.69, 9.17) is 4.74 Å². The third-order valence-electron chi connectivity index (χ3n) is 2.68. The zero-order chi connectivity index (χ0) is 13.4. The number of halogens is 2. The van der Waals surface area contributed by atoms with Gasteiger partial charge in [0.05, 0.1) is 0 Å². The van der Waals surface area contributed by atoms with Crippen LogP contribution in [0.2, 0.25) is 0 Å². The number of nitrogens with one attached hydrogen (secondary N) is 1. The van der Waals surface area contributed by atoms with Crippen LogP contribution < -0.4 is 5.32 Å². The summed E-state index contributed by atoms with van der Waals surface area (Å²) >= 11 is 3.38. The molecule has 0 aliphatic rings. The Morgan fingerprint density at radius 1 is 1.33 bits per heavy atom. The Morgan fingerprint density at radius 3 is 2.78 bits per heavy atom. The summed E-state index contributed by atoms with van der Waals surface area (Å²) in [6.07, 6.45) is 1.79. The van der Waals surface area contributed by atoms with Gasteiger partial charge in [0.1, 0.15) is 5.82 Å². The Hall–Kier alpha value is -0.450. The average molecular weight is 318 g/mol. The first-order valence-corrected chi connectivity index (χ1v) is 7.24. The molecule has 1 unspecified atom stereocenters. The van der Waals surface area contributed by atoms with E-state index in [1.165, 1.54) is 6.07 Å². The van der Waals surface area contributed by atoms with Gasteiger partial charge in [0, 0.05) is 29.3 Å². The Morgan fingerprint density at radius 2 is 2.11 bits per heavy atom. The first kappa shape index (κ1) is 15.6. The molecule has 1 atom stereocenters. The van der Waals surface area contributed by atoms with E-state index in [-0.39, 0.29) is 11.9 Å². The SMILES string of the molecule is CCCOCCC(NCC)c1cc(Br)ccc1F. The minimum Gasteiger partial charge on any atom is -0.381 e. The smallest absolute Gasteiger partial charge is 0.128 e. The van der Waals surface area contributed by atoms with Crippen LogP contribution in [0.15, 0.2) is 22.7 Å². The van der Waals surface area contributed by atoms with Crippen molar-refractivity contribution < 1.29 is 9.13 Å². The van der Waals surface area contributed by atoms with Gasteiger partial charge in [0.2, 0.25) is 0 Å². The molecule has 0 spiro atoms. The molecule has 1 aromatic carbocycles. The molecule has 0 amide bonds. The predicted molar refractivity (Wildman–Crippen MR) is 76.2 cm³/mol. The minimum atomic E-state index is -0.167. The van der Waals surface area contributed by atoms with Crippen LogP contribution in [0.5, 0.6) is 0 Å². The van der Waals surface area contributed by atoms with Crippen molar-refractivity contribution in [3.8, 4) is 0 Å². The van der Waals surface area contributed by atoms with Crippen LogP contribution in [0.25, 0.3) is 0 Å². The third-order valence-corrected chi connectivity index (χ3v) is 3.18. The standard InChI is InChI=1S/C14H21BrFNO/c1-3-8-18-9-7-14(17-4-2)12-10-11(15)5-6-13(12)16/h5-6,10,14,17H,3-4,7-9H2,1-2H3. The van der Waals surface area contributed by atoms with Crippen LogP contribution in [0, 0.1) is 5.82 Å². The van der Waals surface area contributed by atoms with Crippen LogP contribution in [0.4, 0.5) is 4.39 Å². The molecule has 2 nitrogen and oxygen atoms in total. The van der Waals surface area contributed by atoms with Gasteiger partial charge in [-0.05, 0) is 37.6 Å². The fraction of sp³-hybridized carbons (Fsp3) is 0.571. The van der Waals surface area contributed by atoms with E-state index >= 15 is 0 Å². The molecular formula is C14H21BrFNO. The van der Waals surface area contributed by atoms with E-state index in [2.05, 4.69) is 28.2 Å². The van der Waals surface area contributed by atoms with Crippen molar-refractivity contribution in [3.63, 3.8) is 0 Å². The second-order valence-electron chi connectivity index (χ2n) is 4.18. The van der Waals surface area contributed by atoms with Gasteiger partial charge in [-0.1, -0.05) is 29.8 Å². The molecule has 0 aromatic heterocycles. The lowest BCUT2D eigenvalue weighted by Gasteiger charge is -2.19. The van der Waals surface area contributed by atoms with Crippen molar-refractivity contribution in [2.75, 3.05) is 19.8 Å². The summed E-state index contributed by atoms with van der Waals surface area (Å²) in [6, 6.07) is 5.05. The van der Waals surface area contributed by atoms with Crippen LogP contribution in [0.3, 0.4) is 0 Å². The van der Waals surface area contributed by atoms with Crippen molar-refractivity contribution in [2.45, 2.75) is 32.7 Å². The Bertz CT molecular complexity index is 360. The first-order valence-electron chi connectivity index (χ1n) is 6.45. The van der Waals surface area contributed by atoms with Crippen molar-refractivity contribution in [1.29, 1.82) is 0 Å². The van der Waals surface area contributed by atoms with Gasteiger partial charge in [-0.2, -0.15) is 0 Å². The molecule has 0 aliphatic heterocycles. The second-order valence-corrected chi connectivity index (χ2v) is 5.09. The molecule has 4 heteroatoms. The van der Waals surface area contributed by atoms with Gasteiger partial charge in [-0.25, -0.2) is 4.39 Å². The molecule has 1 rings (SSSR count). The molecule has 0 bridgehead atoms. The van der Waals surface area contributed by atoms with Crippen LogP contribution in [-0.2, 0) is 4.74 Å². The quantitative estimate of drug-likeness (QED) is 0.730. The summed E-state index contributed by atoms with van der Waals surface area (Å²) in [5, 5.41) is 3.30. The molecule has 0 saturated heterocycles. The zero-order valence-electron chi connectivity index (χ0n) is 11.0. The number of hydrogen-bond donors (Lipinski definition) is 1. The van der Waals surface area contributed by atoms with E-state index < -0.39 is 0 Å². The van der Waals surface area contributed by atoms with Gasteiger partial charge in [-0.3, -0.25) is 0 Å². The van der Waals surface area contributed by atoms with E-state index in [1.54, 1.807) is 6.07 Å². The monoisotopic (exact) mass is 317 g/mol. The lowest BCUT2D eigenvalue weighted by molar-refractivity contribution is 0.124. The second kappa shape index (κ2) is 8.62. The van der Waals surface area contributed by atoms with Gasteiger partial charge >= 0.3 is 0 Å². The maximum absolute atomic E-state index is 13.8. The molecule has 0 saturated carbocycles. The topological polar surface area (TPSA) is 21.3 Å². The maximum Gasteiger partial charge on any atom is 0.128 e. The first-order chi connectivity index (χ1) is 8.69. The summed E-state index contributed by atoms with van der Waals surface area (Å²) in [5.74, 6) is -0.167. The summed E-state index contributed by atoms with van der Waals surface area (Å²) < 4.78 is 20.2. The van der Waals surface area contributed by atoms with Crippen molar-refractivity contribution in [3.05, 3.63) is 34.1 Å². The van der Waals surface area contributed by atoms with Crippen LogP contribution in [-0.4, -0.2) is 19.8 Å². The molecule has 18 heavy (non-hydrogen) atoms. The van der Waals surface area contributed by atoms with Gasteiger partial charge in [0.15, 0.2) is 0 Å². The fourth-order valence-electron chi connectivity index (χ4n) is 1.84. The summed E-state index contributed by atoms with van der Waals surface area (Å²) in [7, 11) is 0. The fourth-order valence-corrected chi connectivity index (χ4v) is 2.22. The lowest BCUT2D eigenvalue weighted by Crippen LogP contribution is -2.23. The van der Waals surface area contributed by atoms with Crippen LogP contribution in [0.1, 0.15) is 38.3 Å².